The standard InChI is InChI=1S/C33H51BN6O6S/c1-9-26-32(7)28(40(31(43)46-32)16-11-10-15-39-19-25(37-38-39)29-35-14-17-47-29)23(5)36-18-20(2)12-13-33(34,24(6)44-8)22(4)27(41)21(3)30(42)45-26/h10-11,14,17,19-24,26,28,36H,9,12-13,15-16,18,34H2,1-8H3/b11-10+/t20-,21-,22+,23-,24?,26-,28-,32-,33+/m1/s1. The minimum atomic E-state index is -1.16. The third-order valence-electron chi connectivity index (χ3n) is 10.6. The van der Waals surface area contributed by atoms with Gasteiger partial charge >= 0.3 is 12.1 Å². The highest BCUT2D eigenvalue weighted by atomic mass is 32.1. The van der Waals surface area contributed by atoms with Crippen molar-refractivity contribution in [3.63, 3.8) is 0 Å². The number of esters is 1. The van der Waals surface area contributed by atoms with Crippen LogP contribution >= 0.6 is 11.3 Å². The Bertz CT molecular complexity index is 1410. The predicted molar refractivity (Wildman–Crippen MR) is 183 cm³/mol. The summed E-state index contributed by atoms with van der Waals surface area (Å²) >= 11 is 1.50. The van der Waals surface area contributed by atoms with Crippen LogP contribution in [0.15, 0.2) is 29.9 Å². The summed E-state index contributed by atoms with van der Waals surface area (Å²) in [5.74, 6) is -1.92. The molecule has 2 aliphatic rings. The highest BCUT2D eigenvalue weighted by Crippen LogP contribution is 2.45. The predicted octanol–water partition coefficient (Wildman–Crippen LogP) is 3.94. The molecular formula is C33H51BN6O6S. The van der Waals surface area contributed by atoms with Gasteiger partial charge in [0.2, 0.25) is 0 Å². The van der Waals surface area contributed by atoms with E-state index in [1.807, 2.05) is 58.3 Å². The molecule has 0 bridgehead atoms. The molecule has 1 amide bonds. The van der Waals surface area contributed by atoms with E-state index in [2.05, 4.69) is 35.4 Å². The van der Waals surface area contributed by atoms with Crippen molar-refractivity contribution in [2.75, 3.05) is 20.2 Å². The van der Waals surface area contributed by atoms with Crippen LogP contribution in [-0.2, 0) is 30.3 Å². The molecule has 0 radical (unpaired) electrons. The van der Waals surface area contributed by atoms with Gasteiger partial charge in [0.05, 0.1) is 24.9 Å². The Morgan fingerprint density at radius 2 is 1.94 bits per heavy atom. The third-order valence-corrected chi connectivity index (χ3v) is 11.4. The largest absolute Gasteiger partial charge is 0.458 e. The van der Waals surface area contributed by atoms with Gasteiger partial charge in [-0.15, -0.1) is 16.4 Å². The average Bonchev–Trinajstić information content (AvgIpc) is 3.81. The van der Waals surface area contributed by atoms with Gasteiger partial charge in [-0.3, -0.25) is 14.5 Å². The number of cyclic esters (lactones) is 1. The number of Topliss-reactive ketones (excluding diaryl/α,β-unsaturated/α-hetero) is 1. The summed E-state index contributed by atoms with van der Waals surface area (Å²) in [4.78, 5) is 46.9. The van der Waals surface area contributed by atoms with Crippen LogP contribution in [0.1, 0.15) is 67.7 Å². The fourth-order valence-corrected chi connectivity index (χ4v) is 7.60. The molecule has 4 rings (SSSR count). The van der Waals surface area contributed by atoms with Crippen molar-refractivity contribution in [2.24, 2.45) is 17.8 Å². The second-order valence-corrected chi connectivity index (χ2v) is 14.6. The lowest BCUT2D eigenvalue weighted by molar-refractivity contribution is -0.170. The van der Waals surface area contributed by atoms with E-state index in [9.17, 15) is 14.4 Å². The zero-order chi connectivity index (χ0) is 34.5. The van der Waals surface area contributed by atoms with Gasteiger partial charge in [-0.2, -0.15) is 0 Å². The lowest BCUT2D eigenvalue weighted by Gasteiger charge is -2.41. The Morgan fingerprint density at radius 3 is 2.60 bits per heavy atom. The van der Waals surface area contributed by atoms with Gasteiger partial charge in [-0.25, -0.2) is 14.5 Å². The molecule has 12 nitrogen and oxygen atoms in total. The number of allylic oxidation sites excluding steroid dienone is 1. The number of aromatic nitrogens is 4. The van der Waals surface area contributed by atoms with Gasteiger partial charge in [0.15, 0.2) is 5.60 Å². The number of ether oxygens (including phenoxy) is 3. The molecule has 14 heteroatoms. The lowest BCUT2D eigenvalue weighted by Crippen LogP contribution is -2.60. The molecule has 0 aromatic carbocycles. The van der Waals surface area contributed by atoms with E-state index < -0.39 is 47.0 Å². The highest BCUT2D eigenvalue weighted by Gasteiger charge is 2.58. The Labute approximate surface area is 283 Å². The third kappa shape index (κ3) is 7.81. The molecule has 2 aromatic rings. The van der Waals surface area contributed by atoms with E-state index in [0.717, 1.165) is 17.8 Å². The normalized spacial score (nSPS) is 33.6. The smallest absolute Gasteiger partial charge is 0.411 e. The number of nitrogens with zero attached hydrogens (tertiary/aromatic N) is 5. The van der Waals surface area contributed by atoms with E-state index in [4.69, 9.17) is 14.2 Å². The average molecular weight is 671 g/mol. The molecule has 0 aliphatic carbocycles. The maximum absolute atomic E-state index is 13.8. The number of ketones is 1. The zero-order valence-electron chi connectivity index (χ0n) is 29.3. The van der Waals surface area contributed by atoms with E-state index in [1.165, 1.54) is 11.3 Å². The van der Waals surface area contributed by atoms with Crippen molar-refractivity contribution in [3.05, 3.63) is 29.9 Å². The quantitative estimate of drug-likeness (QED) is 0.190. The number of hydrogen-bond acceptors (Lipinski definition) is 11. The minimum absolute atomic E-state index is 0.173. The first-order chi connectivity index (χ1) is 22.3. The summed E-state index contributed by atoms with van der Waals surface area (Å²) in [5.41, 5.74) is -0.451. The summed E-state index contributed by atoms with van der Waals surface area (Å²) in [5, 5.41) is 14.3. The van der Waals surface area contributed by atoms with Crippen LogP contribution < -0.4 is 5.32 Å². The van der Waals surface area contributed by atoms with Gasteiger partial charge in [-0.05, 0) is 58.3 Å². The second kappa shape index (κ2) is 15.4. The van der Waals surface area contributed by atoms with Crippen molar-refractivity contribution in [2.45, 2.75) is 109 Å². The molecule has 258 valence electrons. The van der Waals surface area contributed by atoms with Crippen molar-refractivity contribution in [1.29, 1.82) is 0 Å². The first kappa shape index (κ1) is 36.7. The molecule has 2 saturated heterocycles. The summed E-state index contributed by atoms with van der Waals surface area (Å²) in [6, 6.07) is -0.653. The Hall–Kier alpha value is -3.10. The molecule has 1 N–H and O–H groups in total. The molecular weight excluding hydrogens is 619 g/mol. The number of thiazole rings is 1. The SMILES string of the molecule is B[C@@]1(C(C)OC)CC[C@@H](C)CN[C@H](C)[C@H]2N(C/C=C/Cn3cc(-c4nccs4)nn3)C(=O)O[C@]2(C)[C@@H](CC)OC(=O)[C@H](C)C(=O)[C@@H]1C. The van der Waals surface area contributed by atoms with Gasteiger partial charge < -0.3 is 19.5 Å². The highest BCUT2D eigenvalue weighted by molar-refractivity contribution is 7.13. The number of carbonyl (C=O) groups excluding carboxylic acids is 3. The van der Waals surface area contributed by atoms with Gasteiger partial charge in [0.1, 0.15) is 36.4 Å². The molecule has 2 aliphatic heterocycles. The first-order valence-electron chi connectivity index (χ1n) is 16.7. The lowest BCUT2D eigenvalue weighted by atomic mass is 9.53. The summed E-state index contributed by atoms with van der Waals surface area (Å²) in [7, 11) is 3.74. The van der Waals surface area contributed by atoms with Crippen molar-refractivity contribution < 1.29 is 28.6 Å². The topological polar surface area (TPSA) is 138 Å². The molecule has 4 heterocycles. The van der Waals surface area contributed by atoms with Gasteiger partial charge in [-0.1, -0.05) is 44.6 Å². The second-order valence-electron chi connectivity index (χ2n) is 13.7. The molecule has 0 saturated carbocycles. The zero-order valence-corrected chi connectivity index (χ0v) is 30.1. The van der Waals surface area contributed by atoms with E-state index in [1.54, 1.807) is 29.8 Å². The molecule has 47 heavy (non-hydrogen) atoms. The van der Waals surface area contributed by atoms with Gasteiger partial charge in [0.25, 0.3) is 0 Å². The van der Waals surface area contributed by atoms with Crippen molar-refractivity contribution in [3.8, 4) is 10.7 Å². The summed E-state index contributed by atoms with van der Waals surface area (Å²) in [6.45, 7) is 14.9. The number of methoxy groups -OCH3 is 1. The Kier molecular flexibility index (Phi) is 12.1. The monoisotopic (exact) mass is 670 g/mol. The fourth-order valence-electron chi connectivity index (χ4n) is 7.01. The van der Waals surface area contributed by atoms with Crippen LogP contribution in [0, 0.1) is 17.8 Å². The number of rotatable bonds is 8. The molecule has 9 atom stereocenters. The van der Waals surface area contributed by atoms with Crippen molar-refractivity contribution in [1.82, 2.24) is 30.2 Å². The van der Waals surface area contributed by atoms with Crippen LogP contribution in [0.4, 0.5) is 4.79 Å². The Morgan fingerprint density at radius 1 is 1.21 bits per heavy atom. The first-order valence-corrected chi connectivity index (χ1v) is 17.6. The summed E-state index contributed by atoms with van der Waals surface area (Å²) in [6.07, 6.45) is 7.99. The fraction of sp³-hybridized carbons (Fsp3) is 0.697. The number of hydrogen-bond donors (Lipinski definition) is 1. The van der Waals surface area contributed by atoms with E-state index in [0.29, 0.717) is 31.7 Å². The summed E-state index contributed by atoms with van der Waals surface area (Å²) < 4.78 is 19.7. The van der Waals surface area contributed by atoms with Crippen LogP contribution in [0.25, 0.3) is 10.7 Å². The number of fused-ring (bicyclic) bond motifs is 1. The minimum Gasteiger partial charge on any atom is -0.458 e. The number of amides is 1. The van der Waals surface area contributed by atoms with Crippen LogP contribution in [0.3, 0.4) is 0 Å². The molecule has 2 fully saturated rings. The maximum atomic E-state index is 13.8. The maximum Gasteiger partial charge on any atom is 0.411 e. The number of nitrogens with one attached hydrogen (secondary N) is 1. The van der Waals surface area contributed by atoms with Crippen LogP contribution in [0.2, 0.25) is 5.31 Å². The Balaban J connectivity index is 1.58. The molecule has 2 aromatic heterocycles. The molecule has 1 unspecified atom stereocenters. The van der Waals surface area contributed by atoms with E-state index >= 15 is 0 Å². The van der Waals surface area contributed by atoms with Crippen LogP contribution in [-0.4, -0.2) is 101 Å². The van der Waals surface area contributed by atoms with Gasteiger partial charge in [0, 0.05) is 37.2 Å². The van der Waals surface area contributed by atoms with Crippen LogP contribution in [0.5, 0.6) is 0 Å². The van der Waals surface area contributed by atoms with E-state index in [-0.39, 0.29) is 23.8 Å². The number of carbonyl (C=O) groups is 3. The molecule has 0 spiro atoms. The van der Waals surface area contributed by atoms with Crippen molar-refractivity contribution >= 4 is 37.0 Å².